The maximum Gasteiger partial charge on any atom is 0.333 e. The molecule has 0 aliphatic rings. The predicted molar refractivity (Wildman–Crippen MR) is 79.2 cm³/mol. The zero-order valence-corrected chi connectivity index (χ0v) is 12.0. The van der Waals surface area contributed by atoms with E-state index in [2.05, 4.69) is 10.4 Å². The highest BCUT2D eigenvalue weighted by atomic mass is 16.6. The van der Waals surface area contributed by atoms with Crippen LogP contribution in [0.1, 0.15) is 24.3 Å². The second kappa shape index (κ2) is 6.36. The standard InChI is InChI=1S/C14H18N4O3/c1-3-17-14(13(18(20)21)10(2)16-17)15-9-12(19)11-7-5-4-6-8-11/h4-8,12,15,19H,3,9H2,1-2H3. The Kier molecular flexibility index (Phi) is 4.54. The number of aromatic nitrogens is 2. The van der Waals surface area contributed by atoms with Crippen LogP contribution >= 0.6 is 0 Å². The van der Waals surface area contributed by atoms with Crippen LogP contribution in [0.3, 0.4) is 0 Å². The predicted octanol–water partition coefficient (Wildman–Crippen LogP) is 2.27. The molecule has 1 heterocycles. The molecule has 0 saturated carbocycles. The van der Waals surface area contributed by atoms with Gasteiger partial charge in [0.05, 0.1) is 11.0 Å². The molecule has 2 N–H and O–H groups in total. The Balaban J connectivity index is 2.18. The summed E-state index contributed by atoms with van der Waals surface area (Å²) < 4.78 is 1.53. The van der Waals surface area contributed by atoms with Gasteiger partial charge in [0.1, 0.15) is 5.69 Å². The number of nitrogens with zero attached hydrogens (tertiary/aromatic N) is 3. The summed E-state index contributed by atoms with van der Waals surface area (Å²) in [5, 5.41) is 28.3. The van der Waals surface area contributed by atoms with Crippen LogP contribution in [0.25, 0.3) is 0 Å². The second-order valence-corrected chi connectivity index (χ2v) is 4.66. The van der Waals surface area contributed by atoms with E-state index in [1.807, 2.05) is 37.3 Å². The molecule has 0 fully saturated rings. The minimum Gasteiger partial charge on any atom is -0.387 e. The molecule has 7 nitrogen and oxygen atoms in total. The summed E-state index contributed by atoms with van der Waals surface area (Å²) in [5.74, 6) is 0.329. The molecule has 0 radical (unpaired) electrons. The Bertz CT molecular complexity index is 625. The van der Waals surface area contributed by atoms with E-state index in [1.54, 1.807) is 6.92 Å². The Morgan fingerprint density at radius 2 is 2.10 bits per heavy atom. The Morgan fingerprint density at radius 3 is 2.67 bits per heavy atom. The smallest absolute Gasteiger partial charge is 0.333 e. The summed E-state index contributed by atoms with van der Waals surface area (Å²) >= 11 is 0. The molecule has 2 rings (SSSR count). The first-order chi connectivity index (χ1) is 10.0. The third-order valence-electron chi connectivity index (χ3n) is 3.23. The van der Waals surface area contributed by atoms with E-state index in [9.17, 15) is 15.2 Å². The average molecular weight is 290 g/mol. The van der Waals surface area contributed by atoms with Crippen molar-refractivity contribution in [3.05, 3.63) is 51.7 Å². The van der Waals surface area contributed by atoms with Gasteiger partial charge in [-0.15, -0.1) is 0 Å². The number of aliphatic hydroxyl groups excluding tert-OH is 1. The highest BCUT2D eigenvalue weighted by molar-refractivity contribution is 5.59. The van der Waals surface area contributed by atoms with Crippen LogP contribution in [-0.4, -0.2) is 26.4 Å². The van der Waals surface area contributed by atoms with Gasteiger partial charge in [0.2, 0.25) is 5.82 Å². The summed E-state index contributed by atoms with van der Waals surface area (Å²) in [7, 11) is 0. The fraction of sp³-hybridized carbons (Fsp3) is 0.357. The Hall–Kier alpha value is -2.41. The van der Waals surface area contributed by atoms with Crippen molar-refractivity contribution in [3.63, 3.8) is 0 Å². The number of nitrogens with one attached hydrogen (secondary N) is 1. The topological polar surface area (TPSA) is 93.2 Å². The number of nitro groups is 1. The molecule has 0 aliphatic carbocycles. The quantitative estimate of drug-likeness (QED) is 0.628. The van der Waals surface area contributed by atoms with E-state index in [-0.39, 0.29) is 12.2 Å². The van der Waals surface area contributed by atoms with E-state index in [0.29, 0.717) is 18.1 Å². The van der Waals surface area contributed by atoms with Gasteiger partial charge in [0.25, 0.3) is 0 Å². The molecule has 0 spiro atoms. The fourth-order valence-corrected chi connectivity index (χ4v) is 2.18. The van der Waals surface area contributed by atoms with Gasteiger partial charge < -0.3 is 10.4 Å². The lowest BCUT2D eigenvalue weighted by molar-refractivity contribution is -0.384. The minimum atomic E-state index is -0.744. The first-order valence-corrected chi connectivity index (χ1v) is 6.73. The summed E-state index contributed by atoms with van der Waals surface area (Å²) in [5.41, 5.74) is 1.07. The first kappa shape index (κ1) is 15.0. The highest BCUT2D eigenvalue weighted by Gasteiger charge is 2.25. The number of hydrogen-bond donors (Lipinski definition) is 2. The van der Waals surface area contributed by atoms with Gasteiger partial charge in [-0.2, -0.15) is 5.10 Å². The van der Waals surface area contributed by atoms with Gasteiger partial charge in [-0.25, -0.2) is 4.68 Å². The van der Waals surface area contributed by atoms with E-state index in [4.69, 9.17) is 0 Å². The third kappa shape index (κ3) is 3.19. The molecule has 1 atom stereocenters. The largest absolute Gasteiger partial charge is 0.387 e. The number of rotatable bonds is 6. The Labute approximate surface area is 122 Å². The number of aryl methyl sites for hydroxylation is 2. The van der Waals surface area contributed by atoms with Crippen molar-refractivity contribution < 1.29 is 10.0 Å². The van der Waals surface area contributed by atoms with Gasteiger partial charge in [-0.3, -0.25) is 10.1 Å². The maximum atomic E-state index is 11.1. The van der Waals surface area contributed by atoms with E-state index < -0.39 is 11.0 Å². The Morgan fingerprint density at radius 1 is 1.43 bits per heavy atom. The summed E-state index contributed by atoms with van der Waals surface area (Å²) in [6.45, 7) is 4.15. The van der Waals surface area contributed by atoms with Crippen LogP contribution in [0.15, 0.2) is 30.3 Å². The zero-order valence-electron chi connectivity index (χ0n) is 12.0. The van der Waals surface area contributed by atoms with Gasteiger partial charge >= 0.3 is 5.69 Å². The van der Waals surface area contributed by atoms with E-state index in [1.165, 1.54) is 4.68 Å². The zero-order chi connectivity index (χ0) is 15.4. The van der Waals surface area contributed by atoms with Gasteiger partial charge in [-0.05, 0) is 19.4 Å². The van der Waals surface area contributed by atoms with Crippen LogP contribution < -0.4 is 5.32 Å². The van der Waals surface area contributed by atoms with Crippen molar-refractivity contribution in [1.29, 1.82) is 0 Å². The molecular formula is C14H18N4O3. The molecule has 0 amide bonds. The lowest BCUT2D eigenvalue weighted by atomic mass is 10.1. The number of aliphatic hydroxyl groups is 1. The molecule has 1 aromatic heterocycles. The van der Waals surface area contributed by atoms with Crippen LogP contribution in [0.5, 0.6) is 0 Å². The van der Waals surface area contributed by atoms with Gasteiger partial charge in [-0.1, -0.05) is 30.3 Å². The van der Waals surface area contributed by atoms with Crippen molar-refractivity contribution in [2.45, 2.75) is 26.5 Å². The van der Waals surface area contributed by atoms with E-state index in [0.717, 1.165) is 5.56 Å². The van der Waals surface area contributed by atoms with Crippen molar-refractivity contribution in [2.75, 3.05) is 11.9 Å². The lowest BCUT2D eigenvalue weighted by Gasteiger charge is -2.13. The molecule has 21 heavy (non-hydrogen) atoms. The number of hydrogen-bond acceptors (Lipinski definition) is 5. The SMILES string of the molecule is CCn1nc(C)c([N+](=O)[O-])c1NCC(O)c1ccccc1. The molecular weight excluding hydrogens is 272 g/mol. The van der Waals surface area contributed by atoms with Crippen molar-refractivity contribution >= 4 is 11.5 Å². The molecule has 7 heteroatoms. The van der Waals surface area contributed by atoms with Crippen LogP contribution in [0.4, 0.5) is 11.5 Å². The summed E-state index contributed by atoms with van der Waals surface area (Å²) in [6.07, 6.45) is -0.744. The lowest BCUT2D eigenvalue weighted by Crippen LogP contribution is -2.15. The third-order valence-corrected chi connectivity index (χ3v) is 3.23. The van der Waals surface area contributed by atoms with Crippen LogP contribution in [0, 0.1) is 17.0 Å². The maximum absolute atomic E-state index is 11.1. The van der Waals surface area contributed by atoms with Gasteiger partial charge in [0.15, 0.2) is 0 Å². The molecule has 0 aliphatic heterocycles. The summed E-state index contributed by atoms with van der Waals surface area (Å²) in [6, 6.07) is 9.15. The molecule has 1 unspecified atom stereocenters. The molecule has 2 aromatic rings. The average Bonchev–Trinajstić information content (AvgIpc) is 2.81. The monoisotopic (exact) mass is 290 g/mol. The molecule has 0 saturated heterocycles. The highest BCUT2D eigenvalue weighted by Crippen LogP contribution is 2.28. The van der Waals surface area contributed by atoms with E-state index >= 15 is 0 Å². The molecule has 112 valence electrons. The minimum absolute atomic E-state index is 0.0443. The summed E-state index contributed by atoms with van der Waals surface area (Å²) in [4.78, 5) is 10.7. The van der Waals surface area contributed by atoms with Crippen molar-refractivity contribution in [3.8, 4) is 0 Å². The fourth-order valence-electron chi connectivity index (χ4n) is 2.18. The van der Waals surface area contributed by atoms with Crippen molar-refractivity contribution in [1.82, 2.24) is 9.78 Å². The molecule has 1 aromatic carbocycles. The first-order valence-electron chi connectivity index (χ1n) is 6.73. The van der Waals surface area contributed by atoms with Crippen LogP contribution in [0.2, 0.25) is 0 Å². The van der Waals surface area contributed by atoms with Gasteiger partial charge in [0, 0.05) is 13.1 Å². The molecule has 0 bridgehead atoms. The van der Waals surface area contributed by atoms with Crippen molar-refractivity contribution in [2.24, 2.45) is 0 Å². The normalized spacial score (nSPS) is 12.1. The number of benzene rings is 1. The second-order valence-electron chi connectivity index (χ2n) is 4.66. The van der Waals surface area contributed by atoms with Crippen LogP contribution in [-0.2, 0) is 6.54 Å². The number of anilines is 1.